The Morgan fingerprint density at radius 3 is 2.55 bits per heavy atom. The maximum atomic E-state index is 12.3. The Kier molecular flexibility index (Phi) is 7.43. The van der Waals surface area contributed by atoms with Crippen molar-refractivity contribution in [2.24, 2.45) is 0 Å². The van der Waals surface area contributed by atoms with Gasteiger partial charge in [0.15, 0.2) is 0 Å². The summed E-state index contributed by atoms with van der Waals surface area (Å²) < 4.78 is 0. The zero-order valence-electron chi connectivity index (χ0n) is 15.8. The van der Waals surface area contributed by atoms with Gasteiger partial charge in [0.1, 0.15) is 10.7 Å². The molecular weight excluding hydrogens is 404 g/mol. The van der Waals surface area contributed by atoms with Gasteiger partial charge < -0.3 is 10.4 Å². The van der Waals surface area contributed by atoms with Gasteiger partial charge in [-0.2, -0.15) is 0 Å². The van der Waals surface area contributed by atoms with E-state index in [1.807, 2.05) is 36.4 Å². The first-order valence-electron chi connectivity index (χ1n) is 9.43. The molecule has 0 aliphatic carbocycles. The number of carbonyl (C=O) groups excluding carboxylic acids is 2. The molecule has 3 rings (SSSR count). The van der Waals surface area contributed by atoms with Crippen molar-refractivity contribution in [3.8, 4) is 5.75 Å². The van der Waals surface area contributed by atoms with E-state index in [4.69, 9.17) is 12.2 Å². The number of thiocarbonyl (C=S) groups is 1. The maximum absolute atomic E-state index is 12.3. The number of unbranched alkanes of at least 4 members (excludes halogenated alkanes) is 2. The van der Waals surface area contributed by atoms with Crippen molar-refractivity contribution in [2.75, 3.05) is 11.9 Å². The number of para-hydroxylation sites is 2. The fraction of sp³-hybridized carbons (Fsp3) is 0.227. The van der Waals surface area contributed by atoms with Crippen LogP contribution in [0.3, 0.4) is 0 Å². The molecule has 1 aliphatic heterocycles. The lowest BCUT2D eigenvalue weighted by Crippen LogP contribution is -2.28. The van der Waals surface area contributed by atoms with Crippen molar-refractivity contribution in [1.82, 2.24) is 4.90 Å². The van der Waals surface area contributed by atoms with E-state index in [1.54, 1.807) is 23.1 Å². The van der Waals surface area contributed by atoms with Gasteiger partial charge in [0.25, 0.3) is 5.24 Å². The highest BCUT2D eigenvalue weighted by atomic mass is 32.2. The summed E-state index contributed by atoms with van der Waals surface area (Å²) in [6.45, 7) is 0.553. The minimum absolute atomic E-state index is 0.0468. The first kappa shape index (κ1) is 21.1. The third-order valence-corrected chi connectivity index (χ3v) is 5.93. The second kappa shape index (κ2) is 10.2. The molecule has 0 saturated carbocycles. The van der Waals surface area contributed by atoms with E-state index >= 15 is 0 Å². The number of benzene rings is 2. The number of hydrogen-bond donors (Lipinski definition) is 2. The topological polar surface area (TPSA) is 69.6 Å². The SMILES string of the molecule is O=C(CCCCCN1C(=O)S/C(=C/c2ccccc2)C1=S)Nc1ccccc1O. The van der Waals surface area contributed by atoms with Crippen LogP contribution in [-0.4, -0.2) is 32.7 Å². The second-order valence-electron chi connectivity index (χ2n) is 6.62. The minimum Gasteiger partial charge on any atom is -0.506 e. The van der Waals surface area contributed by atoms with Gasteiger partial charge in [-0.3, -0.25) is 14.5 Å². The molecule has 0 aromatic heterocycles. The molecule has 150 valence electrons. The van der Waals surface area contributed by atoms with Gasteiger partial charge in [0, 0.05) is 13.0 Å². The van der Waals surface area contributed by atoms with Crippen LogP contribution in [0.4, 0.5) is 10.5 Å². The van der Waals surface area contributed by atoms with E-state index in [0.29, 0.717) is 30.1 Å². The molecule has 5 nitrogen and oxygen atoms in total. The lowest BCUT2D eigenvalue weighted by molar-refractivity contribution is -0.116. The second-order valence-corrected chi connectivity index (χ2v) is 8.00. The summed E-state index contributed by atoms with van der Waals surface area (Å²) in [5.74, 6) is -0.0818. The standard InChI is InChI=1S/C22H22N2O3S2/c25-18-12-7-6-11-17(18)23-20(26)13-5-2-8-14-24-21(28)19(29-22(24)27)15-16-9-3-1-4-10-16/h1,3-4,6-7,9-12,15,25H,2,5,8,13-14H2,(H,23,26)/b19-15+. The number of amides is 2. The van der Waals surface area contributed by atoms with Crippen LogP contribution >= 0.6 is 24.0 Å². The summed E-state index contributed by atoms with van der Waals surface area (Å²) in [5.41, 5.74) is 1.43. The molecular formula is C22H22N2O3S2. The van der Waals surface area contributed by atoms with Crippen LogP contribution < -0.4 is 5.32 Å². The van der Waals surface area contributed by atoms with Crippen molar-refractivity contribution in [3.63, 3.8) is 0 Å². The van der Waals surface area contributed by atoms with Crippen molar-refractivity contribution in [2.45, 2.75) is 25.7 Å². The zero-order valence-corrected chi connectivity index (χ0v) is 17.5. The highest BCUT2D eigenvalue weighted by molar-refractivity contribution is 8.19. The van der Waals surface area contributed by atoms with Gasteiger partial charge in [-0.05, 0) is 48.4 Å². The largest absolute Gasteiger partial charge is 0.506 e. The van der Waals surface area contributed by atoms with Gasteiger partial charge in [-0.1, -0.05) is 61.1 Å². The number of thioether (sulfide) groups is 1. The highest BCUT2D eigenvalue weighted by Crippen LogP contribution is 2.33. The van der Waals surface area contributed by atoms with Crippen LogP contribution in [0, 0.1) is 0 Å². The van der Waals surface area contributed by atoms with Gasteiger partial charge in [0.05, 0.1) is 10.6 Å². The fourth-order valence-electron chi connectivity index (χ4n) is 2.92. The van der Waals surface area contributed by atoms with Gasteiger partial charge in [0.2, 0.25) is 5.91 Å². The van der Waals surface area contributed by atoms with Crippen LogP contribution in [0.15, 0.2) is 59.5 Å². The van der Waals surface area contributed by atoms with Crippen LogP contribution in [0.25, 0.3) is 6.08 Å². The monoisotopic (exact) mass is 426 g/mol. The third kappa shape index (κ3) is 5.92. The van der Waals surface area contributed by atoms with Gasteiger partial charge in [-0.15, -0.1) is 0 Å². The maximum Gasteiger partial charge on any atom is 0.291 e. The molecule has 2 aromatic carbocycles. The number of phenols is 1. The average Bonchev–Trinajstić information content (AvgIpc) is 2.97. The van der Waals surface area contributed by atoms with Crippen LogP contribution in [0.5, 0.6) is 5.75 Å². The van der Waals surface area contributed by atoms with Crippen LogP contribution in [0.2, 0.25) is 0 Å². The Labute approximate surface area is 179 Å². The number of anilines is 1. The lowest BCUT2D eigenvalue weighted by Gasteiger charge is -2.14. The number of rotatable bonds is 8. The number of phenolic OH excluding ortho intramolecular Hbond substituents is 1. The van der Waals surface area contributed by atoms with Crippen molar-refractivity contribution in [3.05, 3.63) is 65.1 Å². The van der Waals surface area contributed by atoms with Crippen molar-refractivity contribution < 1.29 is 14.7 Å². The first-order valence-corrected chi connectivity index (χ1v) is 10.7. The van der Waals surface area contributed by atoms with Crippen LogP contribution in [0.1, 0.15) is 31.2 Å². The Morgan fingerprint density at radius 1 is 1.07 bits per heavy atom. The van der Waals surface area contributed by atoms with E-state index < -0.39 is 0 Å². The first-order chi connectivity index (χ1) is 14.0. The molecule has 0 atom stereocenters. The fourth-order valence-corrected chi connectivity index (χ4v) is 4.21. The van der Waals surface area contributed by atoms with E-state index in [1.165, 1.54) is 17.8 Å². The van der Waals surface area contributed by atoms with E-state index in [9.17, 15) is 14.7 Å². The van der Waals surface area contributed by atoms with E-state index in [-0.39, 0.29) is 16.9 Å². The Balaban J connectivity index is 1.41. The molecule has 1 saturated heterocycles. The predicted octanol–water partition coefficient (Wildman–Crippen LogP) is 5.43. The Morgan fingerprint density at radius 2 is 1.79 bits per heavy atom. The van der Waals surface area contributed by atoms with Gasteiger partial charge >= 0.3 is 0 Å². The molecule has 29 heavy (non-hydrogen) atoms. The number of nitrogens with one attached hydrogen (secondary N) is 1. The zero-order chi connectivity index (χ0) is 20.6. The number of hydrogen-bond acceptors (Lipinski definition) is 5. The quantitative estimate of drug-likeness (QED) is 0.255. The lowest BCUT2D eigenvalue weighted by atomic mass is 10.1. The molecule has 7 heteroatoms. The Hall–Kier alpha value is -2.64. The normalized spacial score (nSPS) is 15.2. The summed E-state index contributed by atoms with van der Waals surface area (Å²) in [6.07, 6.45) is 4.58. The molecule has 0 spiro atoms. The van der Waals surface area contributed by atoms with E-state index in [2.05, 4.69) is 5.32 Å². The molecule has 2 amide bonds. The number of nitrogens with zero attached hydrogens (tertiary/aromatic N) is 1. The molecule has 0 unspecified atom stereocenters. The summed E-state index contributed by atoms with van der Waals surface area (Å²) in [6, 6.07) is 16.4. The van der Waals surface area contributed by atoms with Crippen molar-refractivity contribution >= 4 is 51.9 Å². The molecule has 2 aromatic rings. The molecule has 1 heterocycles. The molecule has 0 radical (unpaired) electrons. The third-order valence-electron chi connectivity index (χ3n) is 4.43. The molecule has 1 fully saturated rings. The van der Waals surface area contributed by atoms with Crippen LogP contribution in [-0.2, 0) is 4.79 Å². The summed E-state index contributed by atoms with van der Waals surface area (Å²) in [4.78, 5) is 27.3. The predicted molar refractivity (Wildman–Crippen MR) is 122 cm³/mol. The summed E-state index contributed by atoms with van der Waals surface area (Å²) in [7, 11) is 0. The molecule has 2 N–H and O–H groups in total. The summed E-state index contributed by atoms with van der Waals surface area (Å²) in [5, 5.41) is 12.3. The Bertz CT molecular complexity index is 929. The van der Waals surface area contributed by atoms with Gasteiger partial charge in [-0.25, -0.2) is 0 Å². The highest BCUT2D eigenvalue weighted by Gasteiger charge is 2.30. The average molecular weight is 427 g/mol. The summed E-state index contributed by atoms with van der Waals surface area (Å²) >= 11 is 6.64. The number of aromatic hydroxyl groups is 1. The molecule has 1 aliphatic rings. The number of carbonyl (C=O) groups is 2. The van der Waals surface area contributed by atoms with Crippen molar-refractivity contribution in [1.29, 1.82) is 0 Å². The van der Waals surface area contributed by atoms with E-state index in [0.717, 1.165) is 23.3 Å². The smallest absolute Gasteiger partial charge is 0.291 e. The molecule has 0 bridgehead atoms. The minimum atomic E-state index is -0.136.